The molecule has 13 heteroatoms. The minimum atomic E-state index is -1.38. The Morgan fingerprint density at radius 2 is 1.86 bits per heavy atom. The van der Waals surface area contributed by atoms with Crippen LogP contribution in [0.2, 0.25) is 0 Å². The van der Waals surface area contributed by atoms with Gasteiger partial charge in [0, 0.05) is 17.9 Å². The van der Waals surface area contributed by atoms with E-state index in [4.69, 9.17) is 4.74 Å². The molecule has 0 unspecified atom stereocenters. The molecule has 194 valence electrons. The van der Waals surface area contributed by atoms with Crippen LogP contribution in [0.25, 0.3) is 0 Å². The number of esters is 1. The lowest BCUT2D eigenvalue weighted by atomic mass is 10.0. The van der Waals surface area contributed by atoms with Crippen molar-refractivity contribution in [2.45, 2.75) is 70.2 Å². The molecular weight excluding hydrogens is 496 g/mol. The molecule has 0 spiro atoms. The number of ether oxygens (including phenoxy) is 1. The molecule has 4 amide bonds. The number of amides is 4. The van der Waals surface area contributed by atoms with E-state index in [1.165, 1.54) is 42.4 Å². The van der Waals surface area contributed by atoms with Crippen molar-refractivity contribution < 1.29 is 33.5 Å². The summed E-state index contributed by atoms with van der Waals surface area (Å²) in [6.45, 7) is 3.88. The lowest BCUT2D eigenvalue weighted by Gasteiger charge is -2.29. The summed E-state index contributed by atoms with van der Waals surface area (Å²) in [5, 5.41) is 10.3. The number of Topliss-reactive ketones (excluding diaryl/α,β-unsaturated/α-hetero) is 1. The fraction of sp³-hybridized carbons (Fsp3) is 0.636. The minimum Gasteiger partial charge on any atom is -0.456 e. The van der Waals surface area contributed by atoms with E-state index in [0.29, 0.717) is 12.2 Å². The first-order valence-corrected chi connectivity index (χ1v) is 13.8. The standard InChI is InChI=1S/C22H32N4O7S2/c1-13(27)7-8-15-19(30)25-16-12-35-34-9-5-4-6-14(10-17(28)24-15)33-18(29)11-23-21(32)22(2,3)26-20(16)31/h4,6,14-16H,5,7-12H2,1-3H3,(H,23,32)(H,24,28)(H,25,30)(H,26,31)/b6-4+/t14-,15-,16-/m1/s1. The third kappa shape index (κ3) is 9.92. The molecule has 0 aromatic carbocycles. The van der Waals surface area contributed by atoms with Gasteiger partial charge in [-0.1, -0.05) is 27.7 Å². The molecule has 2 aliphatic heterocycles. The van der Waals surface area contributed by atoms with Gasteiger partial charge in [-0.25, -0.2) is 0 Å². The summed E-state index contributed by atoms with van der Waals surface area (Å²) >= 11 is 0. The molecule has 0 saturated carbocycles. The van der Waals surface area contributed by atoms with Gasteiger partial charge in [0.15, 0.2) is 0 Å². The summed E-state index contributed by atoms with van der Waals surface area (Å²) in [7, 11) is 2.88. The second kappa shape index (κ2) is 13.5. The number of hydrogen-bond acceptors (Lipinski definition) is 9. The van der Waals surface area contributed by atoms with Gasteiger partial charge in [0.05, 0.1) is 6.42 Å². The van der Waals surface area contributed by atoms with Crippen LogP contribution in [-0.4, -0.2) is 77.2 Å². The highest BCUT2D eigenvalue weighted by Crippen LogP contribution is 2.24. The third-order valence-corrected chi connectivity index (χ3v) is 7.62. The molecule has 11 nitrogen and oxygen atoms in total. The molecule has 2 bridgehead atoms. The summed E-state index contributed by atoms with van der Waals surface area (Å²) in [5.41, 5.74) is -1.38. The highest BCUT2D eigenvalue weighted by atomic mass is 33.1. The van der Waals surface area contributed by atoms with Gasteiger partial charge in [-0.3, -0.25) is 24.0 Å². The maximum atomic E-state index is 13.1. The van der Waals surface area contributed by atoms with Crippen LogP contribution in [-0.2, 0) is 33.5 Å². The second-order valence-corrected chi connectivity index (χ2v) is 11.4. The molecule has 1 fully saturated rings. The van der Waals surface area contributed by atoms with Gasteiger partial charge in [-0.05, 0) is 39.7 Å². The van der Waals surface area contributed by atoms with Crippen LogP contribution in [0.1, 0.15) is 46.5 Å². The number of rotatable bonds is 3. The Hall–Kier alpha value is -2.54. The smallest absolute Gasteiger partial charge is 0.326 e. The molecule has 1 saturated heterocycles. The molecule has 4 N–H and O–H groups in total. The van der Waals surface area contributed by atoms with E-state index < -0.39 is 59.9 Å². The molecule has 3 atom stereocenters. The van der Waals surface area contributed by atoms with E-state index >= 15 is 0 Å². The normalized spacial score (nSPS) is 27.9. The fourth-order valence-corrected chi connectivity index (χ4v) is 5.39. The van der Waals surface area contributed by atoms with Gasteiger partial charge >= 0.3 is 5.97 Å². The number of ketones is 1. The summed E-state index contributed by atoms with van der Waals surface area (Å²) in [6.07, 6.45) is 2.94. The number of carbonyl (C=O) groups excluding carboxylic acids is 6. The lowest BCUT2D eigenvalue weighted by Crippen LogP contribution is -2.61. The van der Waals surface area contributed by atoms with E-state index in [0.717, 1.165) is 0 Å². The Morgan fingerprint density at radius 1 is 1.11 bits per heavy atom. The van der Waals surface area contributed by atoms with Crippen molar-refractivity contribution >= 4 is 57.0 Å². The van der Waals surface area contributed by atoms with Gasteiger partial charge in [-0.2, -0.15) is 0 Å². The van der Waals surface area contributed by atoms with E-state index in [2.05, 4.69) is 21.3 Å². The van der Waals surface area contributed by atoms with Crippen molar-refractivity contribution in [2.75, 3.05) is 18.1 Å². The highest BCUT2D eigenvalue weighted by molar-refractivity contribution is 8.76. The first-order valence-electron chi connectivity index (χ1n) is 11.3. The molecule has 35 heavy (non-hydrogen) atoms. The van der Waals surface area contributed by atoms with E-state index in [9.17, 15) is 28.8 Å². The first-order chi connectivity index (χ1) is 16.5. The maximum absolute atomic E-state index is 13.1. The Labute approximate surface area is 212 Å². The second-order valence-electron chi connectivity index (χ2n) is 8.77. The van der Waals surface area contributed by atoms with Gasteiger partial charge in [-0.15, -0.1) is 0 Å². The van der Waals surface area contributed by atoms with Crippen molar-refractivity contribution in [2.24, 2.45) is 0 Å². The van der Waals surface area contributed by atoms with Crippen LogP contribution >= 0.6 is 21.6 Å². The number of allylic oxidation sites excluding steroid dienone is 1. The molecule has 2 aliphatic rings. The topological polar surface area (TPSA) is 160 Å². The van der Waals surface area contributed by atoms with Crippen LogP contribution in [0.5, 0.6) is 0 Å². The number of fused-ring (bicyclic) bond motifs is 7. The van der Waals surface area contributed by atoms with E-state index in [-0.39, 0.29) is 30.8 Å². The molecule has 0 radical (unpaired) electrons. The van der Waals surface area contributed by atoms with Crippen molar-refractivity contribution in [1.29, 1.82) is 0 Å². The number of hydrogen-bond donors (Lipinski definition) is 4. The Balaban J connectivity index is 2.44. The summed E-state index contributed by atoms with van der Waals surface area (Å²) in [6, 6.07) is -2.08. The molecule has 0 aliphatic carbocycles. The predicted molar refractivity (Wildman–Crippen MR) is 132 cm³/mol. The molecular formula is C22H32N4O7S2. The Bertz CT molecular complexity index is 878. The predicted octanol–water partition coefficient (Wildman–Crippen LogP) is -0.00700. The third-order valence-electron chi connectivity index (χ3n) is 5.17. The fourth-order valence-electron chi connectivity index (χ4n) is 3.23. The molecule has 2 rings (SSSR count). The number of carbonyl (C=O) groups is 6. The van der Waals surface area contributed by atoms with E-state index in [1.54, 1.807) is 12.2 Å². The molecule has 0 aromatic heterocycles. The first kappa shape index (κ1) is 28.7. The average Bonchev–Trinajstić information content (AvgIpc) is 2.77. The van der Waals surface area contributed by atoms with Gasteiger partial charge in [0.25, 0.3) is 0 Å². The highest BCUT2D eigenvalue weighted by Gasteiger charge is 2.35. The van der Waals surface area contributed by atoms with Crippen molar-refractivity contribution in [1.82, 2.24) is 21.3 Å². The van der Waals surface area contributed by atoms with E-state index in [1.807, 2.05) is 0 Å². The van der Waals surface area contributed by atoms with Crippen molar-refractivity contribution in [3.05, 3.63) is 12.2 Å². The largest absolute Gasteiger partial charge is 0.456 e. The monoisotopic (exact) mass is 528 g/mol. The van der Waals surface area contributed by atoms with Crippen molar-refractivity contribution in [3.8, 4) is 0 Å². The Morgan fingerprint density at radius 3 is 2.57 bits per heavy atom. The van der Waals surface area contributed by atoms with Crippen LogP contribution in [0.15, 0.2) is 12.2 Å². The lowest BCUT2D eigenvalue weighted by molar-refractivity contribution is -0.149. The van der Waals surface area contributed by atoms with Gasteiger partial charge in [0.1, 0.15) is 36.1 Å². The average molecular weight is 529 g/mol. The molecule has 2 heterocycles. The minimum absolute atomic E-state index is 0.0390. The zero-order valence-electron chi connectivity index (χ0n) is 20.0. The zero-order chi connectivity index (χ0) is 26.0. The van der Waals surface area contributed by atoms with Crippen LogP contribution in [0.3, 0.4) is 0 Å². The van der Waals surface area contributed by atoms with Crippen LogP contribution in [0, 0.1) is 0 Å². The number of nitrogens with one attached hydrogen (secondary N) is 4. The molecule has 0 aromatic rings. The summed E-state index contributed by atoms with van der Waals surface area (Å²) in [5.74, 6) is -2.42. The maximum Gasteiger partial charge on any atom is 0.326 e. The van der Waals surface area contributed by atoms with Gasteiger partial charge in [0.2, 0.25) is 23.6 Å². The zero-order valence-corrected chi connectivity index (χ0v) is 21.6. The van der Waals surface area contributed by atoms with Gasteiger partial charge < -0.3 is 30.8 Å². The summed E-state index contributed by atoms with van der Waals surface area (Å²) in [4.78, 5) is 75.4. The van der Waals surface area contributed by atoms with Crippen LogP contribution < -0.4 is 21.3 Å². The van der Waals surface area contributed by atoms with Crippen molar-refractivity contribution in [3.63, 3.8) is 0 Å². The summed E-state index contributed by atoms with van der Waals surface area (Å²) < 4.78 is 5.38. The van der Waals surface area contributed by atoms with Crippen LogP contribution in [0.4, 0.5) is 0 Å². The quantitative estimate of drug-likeness (QED) is 0.224. The SMILES string of the molecule is CC(=O)CC[C@H]1NC(=O)C[C@H]2/C=C/CCSSC[C@@H](NC1=O)C(=O)NC(C)(C)C(=O)NCC(=O)O2. The Kier molecular flexibility index (Phi) is 11.1.